The van der Waals surface area contributed by atoms with Crippen molar-refractivity contribution >= 4 is 44.5 Å². The third-order valence-electron chi connectivity index (χ3n) is 10.7. The van der Waals surface area contributed by atoms with Crippen LogP contribution in [-0.2, 0) is 5.41 Å². The molecule has 2 heterocycles. The quantitative estimate of drug-likeness (QED) is 0.190. The van der Waals surface area contributed by atoms with Crippen LogP contribution in [0.4, 0.5) is 0 Å². The number of hydrogen-bond acceptors (Lipinski definition) is 2. The highest BCUT2D eigenvalue weighted by Gasteiger charge is 2.20. The Hall–Kier alpha value is -5.73. The Morgan fingerprint density at radius 3 is 2.21 bits per heavy atom. The summed E-state index contributed by atoms with van der Waals surface area (Å²) in [6.45, 7) is 11.4. The van der Waals surface area contributed by atoms with Gasteiger partial charge in [-0.25, -0.2) is 0 Å². The van der Waals surface area contributed by atoms with Crippen molar-refractivity contribution in [1.82, 2.24) is 10.3 Å². The first kappa shape index (κ1) is 33.4. The van der Waals surface area contributed by atoms with Crippen LogP contribution in [0.15, 0.2) is 158 Å². The summed E-state index contributed by atoms with van der Waals surface area (Å²) in [7, 11) is 0. The first-order chi connectivity index (χ1) is 25.2. The summed E-state index contributed by atoms with van der Waals surface area (Å²) in [6.07, 6.45) is 21.8. The molecule has 0 saturated heterocycles. The molecular formula is C50H46N2. The zero-order valence-electron chi connectivity index (χ0n) is 30.8. The predicted molar refractivity (Wildman–Crippen MR) is 223 cm³/mol. The summed E-state index contributed by atoms with van der Waals surface area (Å²) < 4.78 is 0. The fourth-order valence-electron chi connectivity index (χ4n) is 7.74. The van der Waals surface area contributed by atoms with Gasteiger partial charge in [0, 0.05) is 30.1 Å². The van der Waals surface area contributed by atoms with Crippen LogP contribution in [-0.4, -0.2) is 11.0 Å². The molecule has 1 N–H and O–H groups in total. The van der Waals surface area contributed by atoms with Crippen molar-refractivity contribution in [2.24, 2.45) is 5.92 Å². The van der Waals surface area contributed by atoms with Crippen molar-refractivity contribution in [3.05, 3.63) is 197 Å². The molecule has 1 aliphatic carbocycles. The molecule has 0 bridgehead atoms. The number of dihydropyridines is 1. The molecule has 3 atom stereocenters. The molecule has 0 spiro atoms. The molecule has 6 aromatic rings. The average Bonchev–Trinajstić information content (AvgIpc) is 3.16. The topological polar surface area (TPSA) is 24.9 Å². The van der Waals surface area contributed by atoms with Gasteiger partial charge in [-0.1, -0.05) is 161 Å². The lowest BCUT2D eigenvalue weighted by molar-refractivity contribution is 0.591. The third-order valence-corrected chi connectivity index (χ3v) is 10.7. The maximum Gasteiger partial charge on any atom is 0.0419 e. The lowest BCUT2D eigenvalue weighted by Gasteiger charge is -2.23. The van der Waals surface area contributed by atoms with E-state index in [1.807, 2.05) is 12.4 Å². The molecule has 5 aromatic carbocycles. The summed E-state index contributed by atoms with van der Waals surface area (Å²) in [5.41, 5.74) is 11.2. The van der Waals surface area contributed by atoms with Crippen molar-refractivity contribution in [2.45, 2.75) is 52.0 Å². The molecule has 2 aliphatic rings. The lowest BCUT2D eigenvalue weighted by atomic mass is 9.81. The second kappa shape index (κ2) is 13.8. The van der Waals surface area contributed by atoms with Crippen LogP contribution in [0.25, 0.3) is 44.5 Å². The van der Waals surface area contributed by atoms with E-state index in [2.05, 4.69) is 197 Å². The van der Waals surface area contributed by atoms with Gasteiger partial charge in [0.25, 0.3) is 0 Å². The van der Waals surface area contributed by atoms with Crippen molar-refractivity contribution in [3.63, 3.8) is 0 Å². The van der Waals surface area contributed by atoms with Crippen molar-refractivity contribution < 1.29 is 0 Å². The van der Waals surface area contributed by atoms with Gasteiger partial charge in [0.1, 0.15) is 0 Å². The Labute approximate surface area is 308 Å². The minimum absolute atomic E-state index is 0.0800. The van der Waals surface area contributed by atoms with E-state index in [1.165, 1.54) is 71.3 Å². The van der Waals surface area contributed by atoms with Crippen LogP contribution in [0.3, 0.4) is 0 Å². The Bertz CT molecular complexity index is 2450. The summed E-state index contributed by atoms with van der Waals surface area (Å²) in [5, 5.41) is 10.0. The van der Waals surface area contributed by atoms with Gasteiger partial charge in [-0.3, -0.25) is 4.98 Å². The van der Waals surface area contributed by atoms with Gasteiger partial charge < -0.3 is 5.32 Å². The number of nitrogens with one attached hydrogen (secondary N) is 1. The standard InChI is InChI=1S/C50H46N2/c1-33-30-40(21-24-44(33)38-26-28-51-29-27-38)36-15-12-35(13-16-36)14-23-45(37-17-19-39(20-18-37)48-11-6-8-34(2)52-48)46-25-22-42-32-43(50(3,4)5)31-41-9-7-10-47(46)49(41)42/h6-34,44,52H,1-5H3/b23-14+,46-45+. The van der Waals surface area contributed by atoms with Gasteiger partial charge in [0.2, 0.25) is 0 Å². The smallest absolute Gasteiger partial charge is 0.0419 e. The molecule has 1 aromatic heterocycles. The molecule has 0 amide bonds. The first-order valence-corrected chi connectivity index (χ1v) is 18.6. The zero-order chi connectivity index (χ0) is 35.8. The average molecular weight is 675 g/mol. The zero-order valence-corrected chi connectivity index (χ0v) is 30.8. The summed E-state index contributed by atoms with van der Waals surface area (Å²) in [6, 6.07) is 38.7. The maximum absolute atomic E-state index is 4.20. The van der Waals surface area contributed by atoms with E-state index in [-0.39, 0.29) is 5.41 Å². The molecule has 256 valence electrons. The van der Waals surface area contributed by atoms with Crippen LogP contribution in [0.5, 0.6) is 0 Å². The number of benzene rings is 5. The number of nitrogens with zero attached hydrogens (tertiary/aromatic N) is 1. The Balaban J connectivity index is 1.18. The van der Waals surface area contributed by atoms with E-state index in [9.17, 15) is 0 Å². The monoisotopic (exact) mass is 674 g/mol. The molecule has 2 nitrogen and oxygen atoms in total. The van der Waals surface area contributed by atoms with E-state index in [1.54, 1.807) is 0 Å². The normalized spacial score (nSPS) is 19.5. The van der Waals surface area contributed by atoms with Gasteiger partial charge in [-0.2, -0.15) is 0 Å². The van der Waals surface area contributed by atoms with Crippen LogP contribution in [0, 0.1) is 5.92 Å². The Morgan fingerprint density at radius 1 is 0.769 bits per heavy atom. The molecule has 0 radical (unpaired) electrons. The van der Waals surface area contributed by atoms with Gasteiger partial charge in [-0.05, 0) is 108 Å². The van der Waals surface area contributed by atoms with E-state index in [0.29, 0.717) is 17.9 Å². The second-order valence-corrected chi connectivity index (χ2v) is 15.5. The molecule has 3 unspecified atom stereocenters. The van der Waals surface area contributed by atoms with Crippen LogP contribution >= 0.6 is 0 Å². The maximum atomic E-state index is 4.20. The summed E-state index contributed by atoms with van der Waals surface area (Å²) in [4.78, 5) is 4.20. The van der Waals surface area contributed by atoms with Crippen molar-refractivity contribution in [2.75, 3.05) is 0 Å². The second-order valence-electron chi connectivity index (χ2n) is 15.5. The Kier molecular flexibility index (Phi) is 8.85. The predicted octanol–water partition coefficient (Wildman–Crippen LogP) is 11.6. The summed E-state index contributed by atoms with van der Waals surface area (Å²) in [5.74, 6) is 0.781. The highest BCUT2D eigenvalue weighted by atomic mass is 14.9. The molecule has 8 rings (SSSR count). The van der Waals surface area contributed by atoms with E-state index in [0.717, 1.165) is 5.70 Å². The third kappa shape index (κ3) is 6.69. The Morgan fingerprint density at radius 2 is 1.50 bits per heavy atom. The van der Waals surface area contributed by atoms with Gasteiger partial charge in [0.15, 0.2) is 0 Å². The number of rotatable bonds is 6. The largest absolute Gasteiger partial charge is 0.379 e. The van der Waals surface area contributed by atoms with Crippen LogP contribution in [0.1, 0.15) is 73.9 Å². The number of hydrogen-bond donors (Lipinski definition) is 1. The molecule has 0 saturated carbocycles. The number of aromatic nitrogens is 1. The van der Waals surface area contributed by atoms with Gasteiger partial charge in [-0.15, -0.1) is 0 Å². The van der Waals surface area contributed by atoms with Crippen LogP contribution < -0.4 is 10.5 Å². The fourth-order valence-corrected chi connectivity index (χ4v) is 7.74. The molecule has 0 fully saturated rings. The van der Waals surface area contributed by atoms with Crippen molar-refractivity contribution in [3.8, 4) is 0 Å². The minimum atomic E-state index is 0.0800. The minimum Gasteiger partial charge on any atom is -0.379 e. The number of allylic oxidation sites excluding steroid dienone is 7. The van der Waals surface area contributed by atoms with E-state index < -0.39 is 0 Å². The lowest BCUT2D eigenvalue weighted by Crippen LogP contribution is -2.24. The SMILES string of the molecule is CC1C=CC=C(c2ccc(C(/C=C/c3ccc(C4=CC(C)C(c5ccncc5)C=C4)cc3)=c3\ccc4cc(C(C)(C)C)cc5cccc3c54)cc2)N1. The first-order valence-electron chi connectivity index (χ1n) is 18.6. The molecular weight excluding hydrogens is 629 g/mol. The molecule has 1 aliphatic heterocycles. The van der Waals surface area contributed by atoms with Gasteiger partial charge in [0.05, 0.1) is 0 Å². The van der Waals surface area contributed by atoms with Crippen LogP contribution in [0.2, 0.25) is 0 Å². The van der Waals surface area contributed by atoms with Gasteiger partial charge >= 0.3 is 0 Å². The molecule has 52 heavy (non-hydrogen) atoms. The highest BCUT2D eigenvalue weighted by molar-refractivity contribution is 6.11. The summed E-state index contributed by atoms with van der Waals surface area (Å²) >= 11 is 0. The fraction of sp³-hybridized carbons (Fsp3) is 0.180. The number of pyridine rings is 1. The van der Waals surface area contributed by atoms with Crippen molar-refractivity contribution in [1.29, 1.82) is 0 Å². The van der Waals surface area contributed by atoms with E-state index >= 15 is 0 Å². The van der Waals surface area contributed by atoms with E-state index in [4.69, 9.17) is 0 Å². The highest BCUT2D eigenvalue weighted by Crippen LogP contribution is 2.35. The molecule has 2 heteroatoms.